The molecule has 0 amide bonds. The molecule has 0 unspecified atom stereocenters. The van der Waals surface area contributed by atoms with Gasteiger partial charge in [-0.15, -0.1) is 0 Å². The van der Waals surface area contributed by atoms with Gasteiger partial charge < -0.3 is 9.84 Å². The summed E-state index contributed by atoms with van der Waals surface area (Å²) in [7, 11) is 0. The van der Waals surface area contributed by atoms with Gasteiger partial charge in [-0.1, -0.05) is 6.07 Å². The van der Waals surface area contributed by atoms with Crippen molar-refractivity contribution in [2.45, 2.75) is 38.1 Å². The van der Waals surface area contributed by atoms with Crippen molar-refractivity contribution in [1.82, 2.24) is 19.7 Å². The number of pyridine rings is 1. The van der Waals surface area contributed by atoms with Crippen LogP contribution in [-0.4, -0.2) is 56.7 Å². The molecular weight excluding hydrogens is 292 g/mol. The van der Waals surface area contributed by atoms with E-state index in [0.29, 0.717) is 13.1 Å². The zero-order valence-electron chi connectivity index (χ0n) is 13.3. The summed E-state index contributed by atoms with van der Waals surface area (Å²) in [6, 6.07) is 5.88. The number of aliphatic hydroxyl groups is 1. The van der Waals surface area contributed by atoms with Gasteiger partial charge in [0.1, 0.15) is 0 Å². The van der Waals surface area contributed by atoms with E-state index in [1.165, 1.54) is 0 Å². The maximum absolute atomic E-state index is 10.4. The Balaban J connectivity index is 1.59. The van der Waals surface area contributed by atoms with Crippen LogP contribution >= 0.6 is 0 Å². The average molecular weight is 316 g/mol. The molecule has 3 rings (SSSR count). The molecule has 124 valence electrons. The highest BCUT2D eigenvalue weighted by Crippen LogP contribution is 2.15. The summed E-state index contributed by atoms with van der Waals surface area (Å²) in [5.74, 6) is 0. The zero-order valence-corrected chi connectivity index (χ0v) is 13.3. The third kappa shape index (κ3) is 5.13. The van der Waals surface area contributed by atoms with Gasteiger partial charge in [0.15, 0.2) is 0 Å². The van der Waals surface area contributed by atoms with Gasteiger partial charge in [0.25, 0.3) is 0 Å². The van der Waals surface area contributed by atoms with Gasteiger partial charge in [0.2, 0.25) is 0 Å². The second kappa shape index (κ2) is 8.19. The Bertz CT molecular complexity index is 555. The smallest absolute Gasteiger partial charge is 0.0862 e. The van der Waals surface area contributed by atoms with Crippen LogP contribution in [0.5, 0.6) is 0 Å². The quantitative estimate of drug-likeness (QED) is 0.796. The predicted molar refractivity (Wildman–Crippen MR) is 86.7 cm³/mol. The van der Waals surface area contributed by atoms with E-state index in [2.05, 4.69) is 21.0 Å². The topological polar surface area (TPSA) is 63.4 Å². The Morgan fingerprint density at radius 2 is 2.35 bits per heavy atom. The van der Waals surface area contributed by atoms with Crippen molar-refractivity contribution in [3.8, 4) is 0 Å². The number of aromatic nitrogens is 3. The van der Waals surface area contributed by atoms with E-state index in [1.807, 2.05) is 24.5 Å². The normalized spacial score (nSPS) is 19.3. The van der Waals surface area contributed by atoms with E-state index >= 15 is 0 Å². The molecule has 2 aromatic heterocycles. The third-order valence-electron chi connectivity index (χ3n) is 4.04. The summed E-state index contributed by atoms with van der Waals surface area (Å²) < 4.78 is 7.51. The fourth-order valence-corrected chi connectivity index (χ4v) is 3.01. The lowest BCUT2D eigenvalue weighted by Crippen LogP contribution is -2.39. The minimum atomic E-state index is -0.465. The SMILES string of the molecule is O[C@H](CN(Cc1cccnc1)C[C@H]1CCCO1)Cn1cccn1. The van der Waals surface area contributed by atoms with Gasteiger partial charge in [-0.3, -0.25) is 14.6 Å². The van der Waals surface area contributed by atoms with Crippen LogP contribution in [0.3, 0.4) is 0 Å². The molecule has 0 spiro atoms. The van der Waals surface area contributed by atoms with Crippen LogP contribution in [0.15, 0.2) is 43.0 Å². The molecule has 1 aliphatic heterocycles. The molecule has 0 radical (unpaired) electrons. The summed E-state index contributed by atoms with van der Waals surface area (Å²) in [5.41, 5.74) is 1.15. The van der Waals surface area contributed by atoms with E-state index in [1.54, 1.807) is 17.1 Å². The molecule has 2 aromatic rings. The van der Waals surface area contributed by atoms with Crippen molar-refractivity contribution in [3.05, 3.63) is 48.5 Å². The van der Waals surface area contributed by atoms with E-state index in [0.717, 1.165) is 38.1 Å². The van der Waals surface area contributed by atoms with E-state index in [9.17, 15) is 5.11 Å². The number of hydrogen-bond acceptors (Lipinski definition) is 5. The molecule has 1 N–H and O–H groups in total. The fraction of sp³-hybridized carbons (Fsp3) is 0.529. The Morgan fingerprint density at radius 3 is 3.04 bits per heavy atom. The standard InChI is InChI=1S/C17H24N4O2/c22-16(13-21-8-3-7-19-21)12-20(14-17-5-2-9-23-17)11-15-4-1-6-18-10-15/h1,3-4,6-8,10,16-17,22H,2,5,9,11-14H2/t16-,17-/m1/s1. The monoisotopic (exact) mass is 316 g/mol. The van der Waals surface area contributed by atoms with Crippen LogP contribution in [0.1, 0.15) is 18.4 Å². The molecule has 1 aliphatic rings. The number of nitrogens with zero attached hydrogens (tertiary/aromatic N) is 4. The zero-order chi connectivity index (χ0) is 15.9. The van der Waals surface area contributed by atoms with Crippen molar-refractivity contribution in [1.29, 1.82) is 0 Å². The number of ether oxygens (including phenoxy) is 1. The van der Waals surface area contributed by atoms with Crippen molar-refractivity contribution in [2.75, 3.05) is 19.7 Å². The number of hydrogen-bond donors (Lipinski definition) is 1. The highest BCUT2D eigenvalue weighted by Gasteiger charge is 2.21. The van der Waals surface area contributed by atoms with Crippen molar-refractivity contribution in [3.63, 3.8) is 0 Å². The molecule has 0 bridgehead atoms. The van der Waals surface area contributed by atoms with Crippen LogP contribution in [0.25, 0.3) is 0 Å². The summed E-state index contributed by atoms with van der Waals surface area (Å²) in [5, 5.41) is 14.5. The summed E-state index contributed by atoms with van der Waals surface area (Å²) in [4.78, 5) is 6.43. The second-order valence-electron chi connectivity index (χ2n) is 6.07. The molecular formula is C17H24N4O2. The van der Waals surface area contributed by atoms with E-state index < -0.39 is 6.10 Å². The third-order valence-corrected chi connectivity index (χ3v) is 4.04. The van der Waals surface area contributed by atoms with Gasteiger partial charge in [-0.05, 0) is 30.5 Å². The molecule has 1 fully saturated rings. The summed E-state index contributed by atoms with van der Waals surface area (Å²) in [6.45, 7) is 3.55. The van der Waals surface area contributed by atoms with Crippen LogP contribution in [0.4, 0.5) is 0 Å². The summed E-state index contributed by atoms with van der Waals surface area (Å²) in [6.07, 6.45) is 9.28. The minimum Gasteiger partial charge on any atom is -0.390 e. The first-order chi connectivity index (χ1) is 11.3. The van der Waals surface area contributed by atoms with Gasteiger partial charge >= 0.3 is 0 Å². The lowest BCUT2D eigenvalue weighted by Gasteiger charge is -2.27. The Kier molecular flexibility index (Phi) is 5.74. The maximum Gasteiger partial charge on any atom is 0.0862 e. The van der Waals surface area contributed by atoms with Gasteiger partial charge in [0, 0.05) is 51.0 Å². The van der Waals surface area contributed by atoms with Gasteiger partial charge in [-0.25, -0.2) is 0 Å². The number of rotatable bonds is 8. The molecule has 0 aliphatic carbocycles. The Morgan fingerprint density at radius 1 is 1.39 bits per heavy atom. The van der Waals surface area contributed by atoms with Crippen molar-refractivity contribution >= 4 is 0 Å². The van der Waals surface area contributed by atoms with Crippen LogP contribution in [-0.2, 0) is 17.8 Å². The molecule has 0 saturated carbocycles. The molecule has 6 nitrogen and oxygen atoms in total. The van der Waals surface area contributed by atoms with Crippen molar-refractivity contribution in [2.24, 2.45) is 0 Å². The van der Waals surface area contributed by atoms with Crippen molar-refractivity contribution < 1.29 is 9.84 Å². The fourth-order valence-electron chi connectivity index (χ4n) is 3.01. The summed E-state index contributed by atoms with van der Waals surface area (Å²) >= 11 is 0. The maximum atomic E-state index is 10.4. The molecule has 1 saturated heterocycles. The van der Waals surface area contributed by atoms with Gasteiger partial charge in [0.05, 0.1) is 18.8 Å². The second-order valence-corrected chi connectivity index (χ2v) is 6.07. The lowest BCUT2D eigenvalue weighted by atomic mass is 10.2. The Labute approximate surface area is 136 Å². The molecule has 6 heteroatoms. The van der Waals surface area contributed by atoms with Crippen LogP contribution < -0.4 is 0 Å². The highest BCUT2D eigenvalue weighted by atomic mass is 16.5. The Hall–Kier alpha value is -1.76. The first-order valence-corrected chi connectivity index (χ1v) is 8.18. The molecule has 23 heavy (non-hydrogen) atoms. The average Bonchev–Trinajstić information content (AvgIpc) is 3.22. The molecule has 2 atom stereocenters. The first kappa shape index (κ1) is 16.1. The molecule has 3 heterocycles. The minimum absolute atomic E-state index is 0.267. The van der Waals surface area contributed by atoms with E-state index in [-0.39, 0.29) is 6.10 Å². The molecule has 0 aromatic carbocycles. The predicted octanol–water partition coefficient (Wildman–Crippen LogP) is 1.32. The van der Waals surface area contributed by atoms with Crippen LogP contribution in [0, 0.1) is 0 Å². The first-order valence-electron chi connectivity index (χ1n) is 8.18. The largest absolute Gasteiger partial charge is 0.390 e. The lowest BCUT2D eigenvalue weighted by molar-refractivity contribution is 0.0409. The van der Waals surface area contributed by atoms with E-state index in [4.69, 9.17) is 4.74 Å². The van der Waals surface area contributed by atoms with Crippen LogP contribution in [0.2, 0.25) is 0 Å². The van der Waals surface area contributed by atoms with Gasteiger partial charge in [-0.2, -0.15) is 5.10 Å². The number of aliphatic hydroxyl groups excluding tert-OH is 1. The highest BCUT2D eigenvalue weighted by molar-refractivity contribution is 5.08.